The van der Waals surface area contributed by atoms with Gasteiger partial charge in [0.05, 0.1) is 0 Å². The predicted octanol–water partition coefficient (Wildman–Crippen LogP) is 3.83. The first-order valence-electron chi connectivity index (χ1n) is 5.94. The molecular formula is C15H13BrO2. The predicted molar refractivity (Wildman–Crippen MR) is 74.2 cm³/mol. The summed E-state index contributed by atoms with van der Waals surface area (Å²) in [5.41, 5.74) is 1.26. The minimum Gasteiger partial charge on any atom is -0.490 e. The Labute approximate surface area is 115 Å². The maximum absolute atomic E-state index is 5.82. The monoisotopic (exact) mass is 304 g/mol. The molecule has 0 amide bonds. The van der Waals surface area contributed by atoms with Gasteiger partial charge in [-0.05, 0) is 29.8 Å². The lowest BCUT2D eigenvalue weighted by Gasteiger charge is -2.12. The Balaban J connectivity index is 1.60. The summed E-state index contributed by atoms with van der Waals surface area (Å²) in [5, 5.41) is 0. The Morgan fingerprint density at radius 3 is 2.89 bits per heavy atom. The molecule has 0 fully saturated rings. The summed E-state index contributed by atoms with van der Waals surface area (Å²) in [5.74, 6) is 1.85. The van der Waals surface area contributed by atoms with E-state index in [-0.39, 0.29) is 6.10 Å². The van der Waals surface area contributed by atoms with E-state index >= 15 is 0 Å². The molecule has 1 aliphatic heterocycles. The van der Waals surface area contributed by atoms with Crippen molar-refractivity contribution >= 4 is 15.9 Å². The number of rotatable bonds is 3. The van der Waals surface area contributed by atoms with Crippen molar-refractivity contribution < 1.29 is 9.47 Å². The molecule has 0 spiro atoms. The van der Waals surface area contributed by atoms with Gasteiger partial charge in [-0.1, -0.05) is 40.2 Å². The molecule has 92 valence electrons. The van der Waals surface area contributed by atoms with Gasteiger partial charge in [0.2, 0.25) is 0 Å². The van der Waals surface area contributed by atoms with E-state index in [0.717, 1.165) is 22.4 Å². The highest BCUT2D eigenvalue weighted by molar-refractivity contribution is 9.10. The molecular weight excluding hydrogens is 292 g/mol. The molecule has 1 atom stereocenters. The standard InChI is InChI=1S/C15H13BrO2/c16-12-5-3-6-13(9-12)17-10-14-8-11-4-1-2-7-15(11)18-14/h1-7,9,14H,8,10H2. The van der Waals surface area contributed by atoms with Crippen molar-refractivity contribution in [1.82, 2.24) is 0 Å². The molecule has 0 saturated heterocycles. The number of benzene rings is 2. The van der Waals surface area contributed by atoms with E-state index in [1.807, 2.05) is 42.5 Å². The molecule has 0 N–H and O–H groups in total. The largest absolute Gasteiger partial charge is 0.490 e. The van der Waals surface area contributed by atoms with E-state index in [1.54, 1.807) is 0 Å². The van der Waals surface area contributed by atoms with Gasteiger partial charge in [-0.15, -0.1) is 0 Å². The highest BCUT2D eigenvalue weighted by atomic mass is 79.9. The van der Waals surface area contributed by atoms with Gasteiger partial charge in [0, 0.05) is 10.9 Å². The van der Waals surface area contributed by atoms with Crippen LogP contribution in [-0.4, -0.2) is 12.7 Å². The molecule has 3 heteroatoms. The normalized spacial score (nSPS) is 17.1. The van der Waals surface area contributed by atoms with Gasteiger partial charge in [-0.3, -0.25) is 0 Å². The quantitative estimate of drug-likeness (QED) is 0.858. The van der Waals surface area contributed by atoms with E-state index in [1.165, 1.54) is 5.56 Å². The van der Waals surface area contributed by atoms with Crippen LogP contribution in [0.5, 0.6) is 11.5 Å². The maximum atomic E-state index is 5.82. The molecule has 0 aromatic heterocycles. The highest BCUT2D eigenvalue weighted by Crippen LogP contribution is 2.28. The molecule has 3 rings (SSSR count). The van der Waals surface area contributed by atoms with Crippen LogP contribution < -0.4 is 9.47 Å². The Morgan fingerprint density at radius 1 is 1.17 bits per heavy atom. The number of hydrogen-bond acceptors (Lipinski definition) is 2. The molecule has 1 unspecified atom stereocenters. The first-order chi connectivity index (χ1) is 8.81. The molecule has 2 aromatic carbocycles. The summed E-state index contributed by atoms with van der Waals surface area (Å²) in [6.07, 6.45) is 1.03. The number of ether oxygens (including phenoxy) is 2. The molecule has 2 nitrogen and oxygen atoms in total. The van der Waals surface area contributed by atoms with Crippen LogP contribution >= 0.6 is 15.9 Å². The number of halogens is 1. The van der Waals surface area contributed by atoms with Gasteiger partial charge >= 0.3 is 0 Å². The average Bonchev–Trinajstić information content (AvgIpc) is 2.79. The molecule has 1 aliphatic rings. The minimum atomic E-state index is 0.112. The van der Waals surface area contributed by atoms with Crippen LogP contribution in [0.1, 0.15) is 5.56 Å². The van der Waals surface area contributed by atoms with Crippen molar-refractivity contribution in [2.24, 2.45) is 0 Å². The second-order valence-electron chi connectivity index (χ2n) is 4.32. The Morgan fingerprint density at radius 2 is 2.06 bits per heavy atom. The number of hydrogen-bond donors (Lipinski definition) is 0. The molecule has 0 bridgehead atoms. The van der Waals surface area contributed by atoms with Crippen LogP contribution in [-0.2, 0) is 6.42 Å². The molecule has 0 saturated carbocycles. The lowest BCUT2D eigenvalue weighted by atomic mass is 10.1. The van der Waals surface area contributed by atoms with Crippen molar-refractivity contribution in [3.05, 3.63) is 58.6 Å². The van der Waals surface area contributed by atoms with E-state index in [0.29, 0.717) is 6.61 Å². The highest BCUT2D eigenvalue weighted by Gasteiger charge is 2.22. The van der Waals surface area contributed by atoms with E-state index < -0.39 is 0 Å². The Hall–Kier alpha value is -1.48. The first kappa shape index (κ1) is 11.6. The summed E-state index contributed by atoms with van der Waals surface area (Å²) in [6.45, 7) is 0.575. The minimum absolute atomic E-state index is 0.112. The lowest BCUT2D eigenvalue weighted by Crippen LogP contribution is -2.22. The second-order valence-corrected chi connectivity index (χ2v) is 5.24. The first-order valence-corrected chi connectivity index (χ1v) is 6.73. The zero-order valence-corrected chi connectivity index (χ0v) is 11.4. The number of para-hydroxylation sites is 1. The van der Waals surface area contributed by atoms with Gasteiger partial charge in [-0.2, -0.15) is 0 Å². The smallest absolute Gasteiger partial charge is 0.137 e. The van der Waals surface area contributed by atoms with Crippen LogP contribution in [0.4, 0.5) is 0 Å². The van der Waals surface area contributed by atoms with Crippen LogP contribution in [0.2, 0.25) is 0 Å². The van der Waals surface area contributed by atoms with Gasteiger partial charge in [0.15, 0.2) is 0 Å². The van der Waals surface area contributed by atoms with Crippen LogP contribution in [0, 0.1) is 0 Å². The molecule has 1 heterocycles. The summed E-state index contributed by atoms with van der Waals surface area (Å²) in [6, 6.07) is 16.0. The van der Waals surface area contributed by atoms with Crippen molar-refractivity contribution in [1.29, 1.82) is 0 Å². The van der Waals surface area contributed by atoms with Gasteiger partial charge in [-0.25, -0.2) is 0 Å². The van der Waals surface area contributed by atoms with E-state index in [9.17, 15) is 0 Å². The summed E-state index contributed by atoms with van der Waals surface area (Å²) < 4.78 is 12.6. The number of fused-ring (bicyclic) bond motifs is 1. The van der Waals surface area contributed by atoms with Crippen molar-refractivity contribution in [2.45, 2.75) is 12.5 Å². The SMILES string of the molecule is Brc1cccc(OCC2Cc3ccccc3O2)c1. The van der Waals surface area contributed by atoms with Crippen LogP contribution in [0.15, 0.2) is 53.0 Å². The van der Waals surface area contributed by atoms with Gasteiger partial charge in [0.25, 0.3) is 0 Å². The fourth-order valence-corrected chi connectivity index (χ4v) is 2.47. The van der Waals surface area contributed by atoms with Gasteiger partial charge < -0.3 is 9.47 Å². The van der Waals surface area contributed by atoms with Crippen molar-refractivity contribution in [3.63, 3.8) is 0 Å². The van der Waals surface area contributed by atoms with Crippen molar-refractivity contribution in [3.8, 4) is 11.5 Å². The molecule has 2 aromatic rings. The zero-order chi connectivity index (χ0) is 12.4. The zero-order valence-electron chi connectivity index (χ0n) is 9.80. The summed E-state index contributed by atoms with van der Waals surface area (Å²) in [7, 11) is 0. The average molecular weight is 305 g/mol. The second kappa shape index (κ2) is 5.02. The molecule has 18 heavy (non-hydrogen) atoms. The fraction of sp³-hybridized carbons (Fsp3) is 0.200. The van der Waals surface area contributed by atoms with Crippen molar-refractivity contribution in [2.75, 3.05) is 6.61 Å². The van der Waals surface area contributed by atoms with Crippen LogP contribution in [0.3, 0.4) is 0 Å². The third-order valence-electron chi connectivity index (χ3n) is 2.95. The topological polar surface area (TPSA) is 18.5 Å². The summed E-state index contributed by atoms with van der Waals surface area (Å²) >= 11 is 3.43. The fourth-order valence-electron chi connectivity index (χ4n) is 2.09. The summed E-state index contributed by atoms with van der Waals surface area (Å²) in [4.78, 5) is 0. The molecule has 0 radical (unpaired) electrons. The van der Waals surface area contributed by atoms with Crippen LogP contribution in [0.25, 0.3) is 0 Å². The third kappa shape index (κ3) is 2.51. The Kier molecular flexibility index (Phi) is 3.24. The lowest BCUT2D eigenvalue weighted by molar-refractivity contribution is 0.148. The third-order valence-corrected chi connectivity index (χ3v) is 3.44. The van der Waals surface area contributed by atoms with E-state index in [4.69, 9.17) is 9.47 Å². The van der Waals surface area contributed by atoms with E-state index in [2.05, 4.69) is 22.0 Å². The van der Waals surface area contributed by atoms with Gasteiger partial charge in [0.1, 0.15) is 24.2 Å². The maximum Gasteiger partial charge on any atom is 0.137 e. The Bertz CT molecular complexity index is 529. The molecule has 0 aliphatic carbocycles.